The molecule has 2 aromatic carbocycles. The Balaban J connectivity index is 1.93. The van der Waals surface area contributed by atoms with Gasteiger partial charge in [-0.2, -0.15) is 0 Å². The van der Waals surface area contributed by atoms with Crippen molar-refractivity contribution < 1.29 is 4.74 Å². The summed E-state index contributed by atoms with van der Waals surface area (Å²) in [5, 5.41) is 1.27. The minimum absolute atomic E-state index is 0.421. The summed E-state index contributed by atoms with van der Waals surface area (Å²) < 4.78 is 8.24. The van der Waals surface area contributed by atoms with Gasteiger partial charge in [-0.05, 0) is 43.5 Å². The molecule has 0 radical (unpaired) electrons. The van der Waals surface area contributed by atoms with Crippen molar-refractivity contribution in [3.63, 3.8) is 0 Å². The van der Waals surface area contributed by atoms with E-state index in [1.165, 1.54) is 16.6 Å². The number of para-hydroxylation sites is 2. The quantitative estimate of drug-likeness (QED) is 0.661. The maximum atomic E-state index is 5.89. The fourth-order valence-electron chi connectivity index (χ4n) is 2.63. The standard InChI is InChI=1S/C18H19NO/c1-14(2)19-16(12-15-8-6-7-11-18(15)19)13-20-17-9-4-3-5-10-17/h3-12,14H,13H2,1-2H3. The summed E-state index contributed by atoms with van der Waals surface area (Å²) in [5.41, 5.74) is 2.49. The first-order valence-corrected chi connectivity index (χ1v) is 7.02. The Bertz CT molecular complexity index is 698. The average Bonchev–Trinajstić information content (AvgIpc) is 2.84. The van der Waals surface area contributed by atoms with Crippen LogP contribution in [-0.2, 0) is 6.61 Å². The van der Waals surface area contributed by atoms with Crippen LogP contribution in [0.15, 0.2) is 60.7 Å². The van der Waals surface area contributed by atoms with Gasteiger partial charge >= 0.3 is 0 Å². The normalized spacial score (nSPS) is 11.2. The zero-order valence-corrected chi connectivity index (χ0v) is 11.9. The average molecular weight is 265 g/mol. The second-order valence-corrected chi connectivity index (χ2v) is 5.26. The van der Waals surface area contributed by atoms with Crippen molar-refractivity contribution >= 4 is 10.9 Å². The molecule has 0 atom stereocenters. The maximum absolute atomic E-state index is 5.89. The lowest BCUT2D eigenvalue weighted by atomic mass is 10.2. The van der Waals surface area contributed by atoms with Crippen molar-refractivity contribution in [1.29, 1.82) is 0 Å². The summed E-state index contributed by atoms with van der Waals surface area (Å²) in [6.07, 6.45) is 0. The second-order valence-electron chi connectivity index (χ2n) is 5.26. The minimum atomic E-state index is 0.421. The molecule has 102 valence electrons. The molecule has 1 heterocycles. The Morgan fingerprint density at radius 3 is 2.40 bits per heavy atom. The van der Waals surface area contributed by atoms with Gasteiger partial charge < -0.3 is 9.30 Å². The van der Waals surface area contributed by atoms with Crippen LogP contribution in [0.25, 0.3) is 10.9 Å². The summed E-state index contributed by atoms with van der Waals surface area (Å²) in [6, 6.07) is 21.1. The van der Waals surface area contributed by atoms with Crippen LogP contribution in [0.2, 0.25) is 0 Å². The lowest BCUT2D eigenvalue weighted by Crippen LogP contribution is -2.08. The van der Waals surface area contributed by atoms with Crippen LogP contribution in [0.5, 0.6) is 5.75 Å². The zero-order chi connectivity index (χ0) is 13.9. The molecule has 0 aliphatic carbocycles. The van der Waals surface area contributed by atoms with Crippen molar-refractivity contribution in [2.75, 3.05) is 0 Å². The molecular formula is C18H19NO. The fraction of sp³-hybridized carbons (Fsp3) is 0.222. The number of fused-ring (bicyclic) bond motifs is 1. The van der Waals surface area contributed by atoms with E-state index in [9.17, 15) is 0 Å². The molecule has 0 spiro atoms. The van der Waals surface area contributed by atoms with Crippen molar-refractivity contribution in [1.82, 2.24) is 4.57 Å². The van der Waals surface area contributed by atoms with E-state index in [2.05, 4.69) is 48.7 Å². The van der Waals surface area contributed by atoms with Gasteiger partial charge in [-0.1, -0.05) is 36.4 Å². The Morgan fingerprint density at radius 2 is 1.65 bits per heavy atom. The highest BCUT2D eigenvalue weighted by Crippen LogP contribution is 2.25. The molecule has 2 nitrogen and oxygen atoms in total. The highest BCUT2D eigenvalue weighted by atomic mass is 16.5. The van der Waals surface area contributed by atoms with E-state index >= 15 is 0 Å². The molecular weight excluding hydrogens is 246 g/mol. The van der Waals surface area contributed by atoms with Crippen LogP contribution in [0.4, 0.5) is 0 Å². The van der Waals surface area contributed by atoms with Gasteiger partial charge in [0.1, 0.15) is 12.4 Å². The molecule has 2 heteroatoms. The molecule has 0 fully saturated rings. The smallest absolute Gasteiger partial charge is 0.128 e. The summed E-state index contributed by atoms with van der Waals surface area (Å²) in [6.45, 7) is 5.01. The van der Waals surface area contributed by atoms with Crippen LogP contribution in [0, 0.1) is 0 Å². The zero-order valence-electron chi connectivity index (χ0n) is 11.9. The third-order valence-electron chi connectivity index (χ3n) is 3.47. The topological polar surface area (TPSA) is 14.2 Å². The molecule has 0 saturated heterocycles. The van der Waals surface area contributed by atoms with E-state index < -0.39 is 0 Å². The van der Waals surface area contributed by atoms with E-state index in [-0.39, 0.29) is 0 Å². The predicted octanol–water partition coefficient (Wildman–Crippen LogP) is 4.80. The monoisotopic (exact) mass is 265 g/mol. The van der Waals surface area contributed by atoms with Gasteiger partial charge in [0.05, 0.1) is 5.69 Å². The molecule has 3 rings (SSSR count). The van der Waals surface area contributed by atoms with Crippen molar-refractivity contribution in [2.24, 2.45) is 0 Å². The van der Waals surface area contributed by atoms with Gasteiger partial charge in [0.2, 0.25) is 0 Å². The highest BCUT2D eigenvalue weighted by molar-refractivity contribution is 5.81. The van der Waals surface area contributed by atoms with Crippen LogP contribution < -0.4 is 4.74 Å². The van der Waals surface area contributed by atoms with Gasteiger partial charge in [0.15, 0.2) is 0 Å². The van der Waals surface area contributed by atoms with Crippen molar-refractivity contribution in [2.45, 2.75) is 26.5 Å². The Hall–Kier alpha value is -2.22. The molecule has 0 unspecified atom stereocenters. The minimum Gasteiger partial charge on any atom is -0.487 e. The third-order valence-corrected chi connectivity index (χ3v) is 3.47. The van der Waals surface area contributed by atoms with Crippen LogP contribution in [-0.4, -0.2) is 4.57 Å². The number of nitrogens with zero attached hydrogens (tertiary/aromatic N) is 1. The molecule has 0 aliphatic rings. The largest absolute Gasteiger partial charge is 0.487 e. The summed E-state index contributed by atoms with van der Waals surface area (Å²) in [4.78, 5) is 0. The van der Waals surface area contributed by atoms with Gasteiger partial charge in [-0.25, -0.2) is 0 Å². The maximum Gasteiger partial charge on any atom is 0.128 e. The lowest BCUT2D eigenvalue weighted by molar-refractivity contribution is 0.293. The van der Waals surface area contributed by atoms with Crippen LogP contribution >= 0.6 is 0 Å². The Labute approximate surface area is 119 Å². The summed E-state index contributed by atoms with van der Waals surface area (Å²) >= 11 is 0. The first kappa shape index (κ1) is 12.8. The Morgan fingerprint density at radius 1 is 0.950 bits per heavy atom. The molecule has 0 N–H and O–H groups in total. The first-order valence-electron chi connectivity index (χ1n) is 7.02. The van der Waals surface area contributed by atoms with Crippen molar-refractivity contribution in [3.8, 4) is 5.75 Å². The molecule has 0 amide bonds. The number of benzene rings is 2. The van der Waals surface area contributed by atoms with E-state index in [1.54, 1.807) is 0 Å². The Kier molecular flexibility index (Phi) is 3.46. The molecule has 1 aromatic heterocycles. The molecule has 0 bridgehead atoms. The van der Waals surface area contributed by atoms with Gasteiger partial charge in [-0.3, -0.25) is 0 Å². The molecule has 0 aliphatic heterocycles. The van der Waals surface area contributed by atoms with Gasteiger partial charge in [-0.15, -0.1) is 0 Å². The summed E-state index contributed by atoms with van der Waals surface area (Å²) in [5.74, 6) is 0.910. The van der Waals surface area contributed by atoms with Crippen LogP contribution in [0.3, 0.4) is 0 Å². The molecule has 20 heavy (non-hydrogen) atoms. The SMILES string of the molecule is CC(C)n1c(COc2ccccc2)cc2ccccc21. The highest BCUT2D eigenvalue weighted by Gasteiger charge is 2.11. The number of rotatable bonds is 4. The number of hydrogen-bond donors (Lipinski definition) is 0. The predicted molar refractivity (Wildman–Crippen MR) is 83.1 cm³/mol. The van der Waals surface area contributed by atoms with Gasteiger partial charge in [0.25, 0.3) is 0 Å². The molecule has 3 aromatic rings. The first-order chi connectivity index (χ1) is 9.75. The number of aromatic nitrogens is 1. The van der Waals surface area contributed by atoms with E-state index in [4.69, 9.17) is 4.74 Å². The van der Waals surface area contributed by atoms with E-state index in [0.717, 1.165) is 5.75 Å². The third kappa shape index (κ3) is 2.42. The molecule has 0 saturated carbocycles. The summed E-state index contributed by atoms with van der Waals surface area (Å²) in [7, 11) is 0. The van der Waals surface area contributed by atoms with Crippen molar-refractivity contribution in [3.05, 3.63) is 66.4 Å². The van der Waals surface area contributed by atoms with E-state index in [1.807, 2.05) is 30.3 Å². The van der Waals surface area contributed by atoms with Gasteiger partial charge in [0, 0.05) is 11.6 Å². The fourth-order valence-corrected chi connectivity index (χ4v) is 2.63. The van der Waals surface area contributed by atoms with E-state index in [0.29, 0.717) is 12.6 Å². The van der Waals surface area contributed by atoms with Crippen LogP contribution in [0.1, 0.15) is 25.6 Å². The second kappa shape index (κ2) is 5.41. The lowest BCUT2D eigenvalue weighted by Gasteiger charge is -2.15. The number of hydrogen-bond acceptors (Lipinski definition) is 1. The number of ether oxygens (including phenoxy) is 1.